The first kappa shape index (κ1) is 14.1. The standard InChI is InChI=1S/C10H21O5P/c1-7(2)13-6-10-9(5-8(3)14-10)15-16(4,11)12/h7-10H,5-6H2,1-4H3,(H,11,12)/p-1/t8-,9?,10+/m0/s1. The van der Waals surface area contributed by atoms with E-state index in [-0.39, 0.29) is 18.3 Å². The van der Waals surface area contributed by atoms with E-state index in [0.717, 1.165) is 6.66 Å². The fourth-order valence-electron chi connectivity index (χ4n) is 1.71. The van der Waals surface area contributed by atoms with Crippen LogP contribution in [0, 0.1) is 0 Å². The zero-order chi connectivity index (χ0) is 12.3. The van der Waals surface area contributed by atoms with Crippen LogP contribution in [0.3, 0.4) is 0 Å². The molecule has 0 aromatic rings. The highest BCUT2D eigenvalue weighted by atomic mass is 31.2. The largest absolute Gasteiger partial charge is 0.779 e. The second-order valence-corrected chi connectivity index (χ2v) is 6.27. The van der Waals surface area contributed by atoms with Gasteiger partial charge < -0.3 is 23.5 Å². The maximum atomic E-state index is 11.1. The van der Waals surface area contributed by atoms with Crippen LogP contribution in [0.1, 0.15) is 27.2 Å². The average Bonchev–Trinajstić information content (AvgIpc) is 2.39. The highest BCUT2D eigenvalue weighted by molar-refractivity contribution is 7.50. The van der Waals surface area contributed by atoms with Gasteiger partial charge in [-0.3, -0.25) is 0 Å². The Morgan fingerprint density at radius 2 is 2.19 bits per heavy atom. The Bertz CT molecular complexity index is 262. The lowest BCUT2D eigenvalue weighted by Crippen LogP contribution is -2.30. The van der Waals surface area contributed by atoms with Gasteiger partial charge in [-0.25, -0.2) is 0 Å². The third-order valence-corrected chi connectivity index (χ3v) is 2.96. The Hall–Kier alpha value is 0.0700. The summed E-state index contributed by atoms with van der Waals surface area (Å²) in [5.74, 6) is 0. The minimum Gasteiger partial charge on any atom is -0.779 e. The van der Waals surface area contributed by atoms with Gasteiger partial charge in [0.25, 0.3) is 0 Å². The fourth-order valence-corrected chi connectivity index (χ4v) is 2.42. The molecule has 96 valence electrons. The van der Waals surface area contributed by atoms with Crippen molar-refractivity contribution in [2.45, 2.75) is 51.6 Å². The second-order valence-electron chi connectivity index (χ2n) is 4.52. The van der Waals surface area contributed by atoms with Gasteiger partial charge in [-0.2, -0.15) is 0 Å². The van der Waals surface area contributed by atoms with E-state index in [0.29, 0.717) is 13.0 Å². The van der Waals surface area contributed by atoms with E-state index in [1.165, 1.54) is 0 Å². The number of ether oxygens (including phenoxy) is 2. The van der Waals surface area contributed by atoms with E-state index in [1.54, 1.807) is 0 Å². The molecule has 0 saturated carbocycles. The SMILES string of the molecule is CC(C)OC[C@H]1O[C@@H](C)CC1OP(C)(=O)[O-]. The summed E-state index contributed by atoms with van der Waals surface area (Å²) in [6.07, 6.45) is -0.00788. The molecule has 16 heavy (non-hydrogen) atoms. The topological polar surface area (TPSA) is 67.8 Å². The van der Waals surface area contributed by atoms with Crippen molar-refractivity contribution in [1.29, 1.82) is 0 Å². The van der Waals surface area contributed by atoms with E-state index in [4.69, 9.17) is 14.0 Å². The summed E-state index contributed by atoms with van der Waals surface area (Å²) in [5, 5.41) is 0. The quantitative estimate of drug-likeness (QED) is 0.686. The van der Waals surface area contributed by atoms with E-state index in [1.807, 2.05) is 20.8 Å². The van der Waals surface area contributed by atoms with Gasteiger partial charge in [0.1, 0.15) is 13.7 Å². The van der Waals surface area contributed by atoms with Crippen molar-refractivity contribution in [2.75, 3.05) is 13.3 Å². The zero-order valence-corrected chi connectivity index (χ0v) is 11.1. The van der Waals surface area contributed by atoms with Crippen LogP contribution in [0.25, 0.3) is 0 Å². The van der Waals surface area contributed by atoms with Gasteiger partial charge in [-0.1, -0.05) is 0 Å². The van der Waals surface area contributed by atoms with Gasteiger partial charge in [0, 0.05) is 13.1 Å². The lowest BCUT2D eigenvalue weighted by Gasteiger charge is -2.26. The van der Waals surface area contributed by atoms with Gasteiger partial charge in [0.2, 0.25) is 0 Å². The molecule has 0 aromatic carbocycles. The second kappa shape index (κ2) is 5.61. The Labute approximate surface area is 96.6 Å². The highest BCUT2D eigenvalue weighted by Crippen LogP contribution is 2.38. The van der Waals surface area contributed by atoms with E-state index >= 15 is 0 Å². The third kappa shape index (κ3) is 4.93. The van der Waals surface area contributed by atoms with Crippen LogP contribution in [0.15, 0.2) is 0 Å². The van der Waals surface area contributed by atoms with E-state index in [9.17, 15) is 9.46 Å². The highest BCUT2D eigenvalue weighted by Gasteiger charge is 2.35. The minimum absolute atomic E-state index is 0.0114. The molecule has 1 heterocycles. The summed E-state index contributed by atoms with van der Waals surface area (Å²) in [6, 6.07) is 0. The van der Waals surface area contributed by atoms with Gasteiger partial charge in [-0.15, -0.1) is 0 Å². The molecule has 0 N–H and O–H groups in total. The first-order valence-electron chi connectivity index (χ1n) is 5.52. The summed E-state index contributed by atoms with van der Waals surface area (Å²) in [4.78, 5) is 11.1. The third-order valence-electron chi connectivity index (χ3n) is 2.31. The molecule has 1 saturated heterocycles. The molecule has 0 aromatic heterocycles. The van der Waals surface area contributed by atoms with E-state index in [2.05, 4.69) is 0 Å². The van der Waals surface area contributed by atoms with E-state index < -0.39 is 13.7 Å². The van der Waals surface area contributed by atoms with Crippen LogP contribution in [-0.2, 0) is 18.6 Å². The Morgan fingerprint density at radius 1 is 1.56 bits per heavy atom. The first-order valence-corrected chi connectivity index (χ1v) is 7.51. The van der Waals surface area contributed by atoms with Crippen LogP contribution in [0.4, 0.5) is 0 Å². The maximum Gasteiger partial charge on any atom is 0.132 e. The summed E-state index contributed by atoms with van der Waals surface area (Å²) in [5.41, 5.74) is 0. The summed E-state index contributed by atoms with van der Waals surface area (Å²) >= 11 is 0. The molecule has 4 atom stereocenters. The number of rotatable bonds is 5. The van der Waals surface area contributed by atoms with Crippen molar-refractivity contribution in [3.05, 3.63) is 0 Å². The molecule has 1 rings (SSSR count). The van der Waals surface area contributed by atoms with Crippen molar-refractivity contribution in [3.63, 3.8) is 0 Å². The molecule has 0 bridgehead atoms. The number of hydrogen-bond acceptors (Lipinski definition) is 5. The molecule has 0 spiro atoms. The fraction of sp³-hybridized carbons (Fsp3) is 1.00. The molecule has 1 aliphatic heterocycles. The first-order chi connectivity index (χ1) is 7.28. The summed E-state index contributed by atoms with van der Waals surface area (Å²) in [6.45, 7) is 7.19. The van der Waals surface area contributed by atoms with Crippen molar-refractivity contribution in [2.24, 2.45) is 0 Å². The Balaban J connectivity index is 2.49. The van der Waals surface area contributed by atoms with Crippen LogP contribution < -0.4 is 4.89 Å². The molecule has 1 fully saturated rings. The Kier molecular flexibility index (Phi) is 4.95. The van der Waals surface area contributed by atoms with Crippen molar-refractivity contribution >= 4 is 7.60 Å². The molecule has 5 nitrogen and oxygen atoms in total. The predicted octanol–water partition coefficient (Wildman–Crippen LogP) is 1.16. The van der Waals surface area contributed by atoms with Crippen LogP contribution >= 0.6 is 7.60 Å². The monoisotopic (exact) mass is 251 g/mol. The van der Waals surface area contributed by atoms with Gasteiger partial charge in [0.15, 0.2) is 0 Å². The van der Waals surface area contributed by atoms with Crippen LogP contribution in [0.2, 0.25) is 0 Å². The molecule has 2 unspecified atom stereocenters. The molecular weight excluding hydrogens is 231 g/mol. The molecule has 1 aliphatic rings. The lowest BCUT2D eigenvalue weighted by atomic mass is 10.1. The maximum absolute atomic E-state index is 11.1. The van der Waals surface area contributed by atoms with Crippen molar-refractivity contribution in [1.82, 2.24) is 0 Å². The summed E-state index contributed by atoms with van der Waals surface area (Å²) < 4.78 is 27.1. The minimum atomic E-state index is -3.71. The lowest BCUT2D eigenvalue weighted by molar-refractivity contribution is -0.202. The normalized spacial score (nSPS) is 34.2. The smallest absolute Gasteiger partial charge is 0.132 e. The van der Waals surface area contributed by atoms with Crippen molar-refractivity contribution in [3.8, 4) is 0 Å². The van der Waals surface area contributed by atoms with Gasteiger partial charge in [-0.05, 0) is 20.8 Å². The van der Waals surface area contributed by atoms with Gasteiger partial charge in [0.05, 0.1) is 24.9 Å². The summed E-state index contributed by atoms with van der Waals surface area (Å²) in [7, 11) is -3.71. The average molecular weight is 251 g/mol. The van der Waals surface area contributed by atoms with Crippen molar-refractivity contribution < 1.29 is 23.5 Å². The predicted molar refractivity (Wildman–Crippen MR) is 58.4 cm³/mol. The van der Waals surface area contributed by atoms with Crippen LogP contribution in [-0.4, -0.2) is 37.7 Å². The van der Waals surface area contributed by atoms with Crippen LogP contribution in [0.5, 0.6) is 0 Å². The zero-order valence-electron chi connectivity index (χ0n) is 10.2. The number of hydrogen-bond donors (Lipinski definition) is 0. The molecule has 6 heteroatoms. The molecule has 0 amide bonds. The Morgan fingerprint density at radius 3 is 2.69 bits per heavy atom. The van der Waals surface area contributed by atoms with Gasteiger partial charge >= 0.3 is 0 Å². The molecule has 0 aliphatic carbocycles. The molecular formula is C10H20O5P-. The molecule has 0 radical (unpaired) electrons.